The van der Waals surface area contributed by atoms with Crippen LogP contribution in [-0.2, 0) is 6.54 Å². The molecule has 0 atom stereocenters. The van der Waals surface area contributed by atoms with Crippen LogP contribution in [0.25, 0.3) is 0 Å². The number of hydrogen-bond acceptors (Lipinski definition) is 2. The van der Waals surface area contributed by atoms with Gasteiger partial charge in [0.05, 0.1) is 0 Å². The molecule has 0 fully saturated rings. The molecule has 2 nitrogen and oxygen atoms in total. The molecular formula is C9H12NO. The Morgan fingerprint density at radius 1 is 1.36 bits per heavy atom. The van der Waals surface area contributed by atoms with Crippen molar-refractivity contribution < 1.29 is 5.11 Å². The van der Waals surface area contributed by atoms with Crippen molar-refractivity contribution in [2.45, 2.75) is 13.5 Å². The fourth-order valence-corrected chi connectivity index (χ4v) is 0.882. The van der Waals surface area contributed by atoms with Gasteiger partial charge in [0.25, 0.3) is 0 Å². The van der Waals surface area contributed by atoms with E-state index in [9.17, 15) is 0 Å². The molecule has 0 aromatic heterocycles. The highest BCUT2D eigenvalue weighted by molar-refractivity contribution is 5.29. The standard InChI is InChI=1S/C9H12NO/c1-7(11)9-4-2-8(6-10)3-5-9/h2-5,11H,6,10H2,1H3. The normalized spacial score (nSPS) is 10.5. The molecular weight excluding hydrogens is 138 g/mol. The third-order valence-electron chi connectivity index (χ3n) is 1.61. The van der Waals surface area contributed by atoms with Crippen LogP contribution in [-0.4, -0.2) is 5.11 Å². The van der Waals surface area contributed by atoms with Gasteiger partial charge in [-0.2, -0.15) is 0 Å². The first kappa shape index (κ1) is 8.24. The zero-order chi connectivity index (χ0) is 8.27. The Labute approximate surface area is 66.7 Å². The Morgan fingerprint density at radius 3 is 2.27 bits per heavy atom. The Hall–Kier alpha value is -0.860. The quantitative estimate of drug-likeness (QED) is 0.669. The molecule has 0 aliphatic heterocycles. The summed E-state index contributed by atoms with van der Waals surface area (Å²) >= 11 is 0. The minimum Gasteiger partial charge on any atom is -0.382 e. The average molecular weight is 150 g/mol. The van der Waals surface area contributed by atoms with Gasteiger partial charge in [-0.1, -0.05) is 24.3 Å². The summed E-state index contributed by atoms with van der Waals surface area (Å²) in [6, 6.07) is 7.54. The van der Waals surface area contributed by atoms with Crippen molar-refractivity contribution in [3.63, 3.8) is 0 Å². The van der Waals surface area contributed by atoms with E-state index in [-0.39, 0.29) is 0 Å². The van der Waals surface area contributed by atoms with Crippen LogP contribution in [0.1, 0.15) is 18.1 Å². The van der Waals surface area contributed by atoms with Crippen molar-refractivity contribution in [3.05, 3.63) is 41.5 Å². The van der Waals surface area contributed by atoms with Crippen LogP contribution in [0.2, 0.25) is 0 Å². The first-order chi connectivity index (χ1) is 5.24. The predicted octanol–water partition coefficient (Wildman–Crippen LogP) is 1.42. The highest BCUT2D eigenvalue weighted by Gasteiger charge is 1.99. The molecule has 0 unspecified atom stereocenters. The van der Waals surface area contributed by atoms with Crippen LogP contribution < -0.4 is 5.73 Å². The summed E-state index contributed by atoms with van der Waals surface area (Å²) in [5, 5.41) is 9.07. The fraction of sp³-hybridized carbons (Fsp3) is 0.222. The van der Waals surface area contributed by atoms with Gasteiger partial charge in [0.2, 0.25) is 0 Å². The Kier molecular flexibility index (Phi) is 2.63. The summed E-state index contributed by atoms with van der Waals surface area (Å²) in [6.07, 6.45) is 0.341. The zero-order valence-electron chi connectivity index (χ0n) is 6.54. The molecule has 0 heterocycles. The van der Waals surface area contributed by atoms with Crippen molar-refractivity contribution in [1.82, 2.24) is 0 Å². The van der Waals surface area contributed by atoms with Crippen molar-refractivity contribution >= 4 is 0 Å². The second-order valence-corrected chi connectivity index (χ2v) is 2.49. The third kappa shape index (κ3) is 2.03. The predicted molar refractivity (Wildman–Crippen MR) is 44.3 cm³/mol. The second-order valence-electron chi connectivity index (χ2n) is 2.49. The van der Waals surface area contributed by atoms with Gasteiger partial charge < -0.3 is 10.8 Å². The number of aliphatic hydroxyl groups excluding tert-OH is 1. The maximum atomic E-state index is 9.07. The van der Waals surface area contributed by atoms with E-state index in [0.717, 1.165) is 11.1 Å². The number of aliphatic hydroxyl groups is 1. The molecule has 2 heteroatoms. The highest BCUT2D eigenvalue weighted by Crippen LogP contribution is 2.11. The number of hydrogen-bond donors (Lipinski definition) is 2. The maximum absolute atomic E-state index is 9.07. The maximum Gasteiger partial charge on any atom is 0.119 e. The van der Waals surface area contributed by atoms with Crippen molar-refractivity contribution in [1.29, 1.82) is 0 Å². The van der Waals surface area contributed by atoms with Gasteiger partial charge in [-0.25, -0.2) is 0 Å². The zero-order valence-corrected chi connectivity index (χ0v) is 6.54. The molecule has 0 saturated heterocycles. The van der Waals surface area contributed by atoms with E-state index in [2.05, 4.69) is 0 Å². The fourth-order valence-electron chi connectivity index (χ4n) is 0.882. The van der Waals surface area contributed by atoms with Gasteiger partial charge >= 0.3 is 0 Å². The lowest BCUT2D eigenvalue weighted by Crippen LogP contribution is -1.97. The number of rotatable bonds is 2. The molecule has 0 aliphatic carbocycles. The summed E-state index contributed by atoms with van der Waals surface area (Å²) < 4.78 is 0. The first-order valence-corrected chi connectivity index (χ1v) is 3.56. The lowest BCUT2D eigenvalue weighted by molar-refractivity contribution is 0.341. The minimum absolute atomic E-state index is 0.341. The van der Waals surface area contributed by atoms with Crippen molar-refractivity contribution in [2.75, 3.05) is 0 Å². The molecule has 1 rings (SSSR count). The Morgan fingerprint density at radius 2 is 1.91 bits per heavy atom. The van der Waals surface area contributed by atoms with Crippen LogP contribution in [0.3, 0.4) is 0 Å². The van der Waals surface area contributed by atoms with E-state index in [0.29, 0.717) is 12.6 Å². The van der Waals surface area contributed by atoms with E-state index >= 15 is 0 Å². The summed E-state index contributed by atoms with van der Waals surface area (Å²) in [6.45, 7) is 2.21. The molecule has 1 aromatic carbocycles. The average Bonchev–Trinajstić information content (AvgIpc) is 2.05. The van der Waals surface area contributed by atoms with E-state index in [1.807, 2.05) is 24.3 Å². The van der Waals surface area contributed by atoms with Gasteiger partial charge in [0.1, 0.15) is 6.10 Å². The van der Waals surface area contributed by atoms with Gasteiger partial charge in [0.15, 0.2) is 0 Å². The van der Waals surface area contributed by atoms with Crippen LogP contribution in [0.4, 0.5) is 0 Å². The molecule has 59 valence electrons. The summed E-state index contributed by atoms with van der Waals surface area (Å²) in [4.78, 5) is 0. The van der Waals surface area contributed by atoms with E-state index in [4.69, 9.17) is 10.8 Å². The lowest BCUT2D eigenvalue weighted by Gasteiger charge is -2.03. The molecule has 0 bridgehead atoms. The van der Waals surface area contributed by atoms with Crippen LogP contribution >= 0.6 is 0 Å². The van der Waals surface area contributed by atoms with E-state index < -0.39 is 0 Å². The van der Waals surface area contributed by atoms with Crippen LogP contribution in [0, 0.1) is 6.10 Å². The molecule has 3 N–H and O–H groups in total. The van der Waals surface area contributed by atoms with Crippen LogP contribution in [0.15, 0.2) is 24.3 Å². The van der Waals surface area contributed by atoms with Crippen molar-refractivity contribution in [2.24, 2.45) is 5.73 Å². The molecule has 1 aromatic rings. The SMILES string of the molecule is C[C](O)c1ccc(CN)cc1. The summed E-state index contributed by atoms with van der Waals surface area (Å²) in [5.74, 6) is 0. The number of nitrogens with two attached hydrogens (primary N) is 1. The van der Waals surface area contributed by atoms with Crippen molar-refractivity contribution in [3.8, 4) is 0 Å². The molecule has 0 aliphatic rings. The first-order valence-electron chi connectivity index (χ1n) is 3.56. The molecule has 0 saturated carbocycles. The molecule has 11 heavy (non-hydrogen) atoms. The molecule has 1 radical (unpaired) electrons. The minimum atomic E-state index is 0.341. The van der Waals surface area contributed by atoms with Gasteiger partial charge in [0, 0.05) is 6.54 Å². The summed E-state index contributed by atoms with van der Waals surface area (Å²) in [7, 11) is 0. The second kappa shape index (κ2) is 3.51. The van der Waals surface area contributed by atoms with Gasteiger partial charge in [-0.15, -0.1) is 0 Å². The monoisotopic (exact) mass is 150 g/mol. The van der Waals surface area contributed by atoms with Gasteiger partial charge in [-0.05, 0) is 18.1 Å². The molecule has 0 spiro atoms. The lowest BCUT2D eigenvalue weighted by atomic mass is 10.1. The molecule has 0 amide bonds. The summed E-state index contributed by atoms with van der Waals surface area (Å²) in [5.41, 5.74) is 7.33. The third-order valence-corrected chi connectivity index (χ3v) is 1.61. The van der Waals surface area contributed by atoms with E-state index in [1.54, 1.807) is 6.92 Å². The number of benzene rings is 1. The smallest absolute Gasteiger partial charge is 0.119 e. The largest absolute Gasteiger partial charge is 0.382 e. The Balaban J connectivity index is 2.83. The van der Waals surface area contributed by atoms with Gasteiger partial charge in [-0.3, -0.25) is 0 Å². The Bertz CT molecular complexity index is 216. The van der Waals surface area contributed by atoms with E-state index in [1.165, 1.54) is 0 Å². The van der Waals surface area contributed by atoms with Crippen LogP contribution in [0.5, 0.6) is 0 Å². The topological polar surface area (TPSA) is 46.2 Å². The highest BCUT2D eigenvalue weighted by atomic mass is 16.3.